The Balaban J connectivity index is 2.05. The molecule has 0 saturated carbocycles. The van der Waals surface area contributed by atoms with E-state index < -0.39 is 0 Å². The van der Waals surface area contributed by atoms with Gasteiger partial charge in [0.05, 0.1) is 0 Å². The second-order valence-corrected chi connectivity index (χ2v) is 5.20. The zero-order chi connectivity index (χ0) is 12.7. The monoisotopic (exact) mass is 237 g/mol. The van der Waals surface area contributed by atoms with Crippen molar-refractivity contribution in [3.05, 3.63) is 24.5 Å². The van der Waals surface area contributed by atoms with E-state index in [0.717, 1.165) is 13.1 Å². The fraction of sp³-hybridized carbons (Fsp3) is 0.615. The molecule has 0 bridgehead atoms. The van der Waals surface area contributed by atoms with Crippen molar-refractivity contribution in [1.82, 2.24) is 15.2 Å². The molecule has 17 heavy (non-hydrogen) atoms. The fourth-order valence-corrected chi connectivity index (χ4v) is 1.48. The maximum absolute atomic E-state index is 11.5. The number of rotatable bonds is 6. The van der Waals surface area contributed by atoms with Gasteiger partial charge in [0.25, 0.3) is 0 Å². The molecule has 4 nitrogen and oxygen atoms in total. The molecule has 0 radical (unpaired) electrons. The highest BCUT2D eigenvalue weighted by Crippen LogP contribution is 1.97. The van der Waals surface area contributed by atoms with Crippen LogP contribution in [0.5, 0.6) is 0 Å². The average molecular weight is 237 g/mol. The Morgan fingerprint density at radius 3 is 2.41 bits per heavy atom. The third-order valence-corrected chi connectivity index (χ3v) is 2.37. The smallest absolute Gasteiger partial charge is 0.221 e. The summed E-state index contributed by atoms with van der Waals surface area (Å²) in [5.41, 5.74) is 0.0748. The summed E-state index contributed by atoms with van der Waals surface area (Å²) in [5, 5.41) is 6.20. The number of hydrogen-bond donors (Lipinski definition) is 2. The minimum atomic E-state index is 0.0748. The Labute approximate surface area is 103 Å². The number of amides is 1. The topological polar surface area (TPSA) is 46.1 Å². The number of hydrogen-bond acceptors (Lipinski definition) is 2. The maximum atomic E-state index is 11.5. The molecule has 0 spiro atoms. The molecule has 0 saturated heterocycles. The molecule has 0 aliphatic carbocycles. The maximum Gasteiger partial charge on any atom is 0.221 e. The van der Waals surface area contributed by atoms with Gasteiger partial charge < -0.3 is 15.2 Å². The first-order valence-electron chi connectivity index (χ1n) is 6.10. The van der Waals surface area contributed by atoms with Crippen molar-refractivity contribution in [1.29, 1.82) is 0 Å². The van der Waals surface area contributed by atoms with Crippen LogP contribution in [0.15, 0.2) is 24.5 Å². The molecular weight excluding hydrogens is 214 g/mol. The van der Waals surface area contributed by atoms with Gasteiger partial charge in [0, 0.05) is 44.0 Å². The van der Waals surface area contributed by atoms with E-state index in [2.05, 4.69) is 31.4 Å². The molecule has 96 valence electrons. The first-order chi connectivity index (χ1) is 7.97. The Morgan fingerprint density at radius 2 is 1.82 bits per heavy atom. The van der Waals surface area contributed by atoms with Crippen LogP contribution in [0.25, 0.3) is 0 Å². The van der Waals surface area contributed by atoms with E-state index in [0.29, 0.717) is 13.0 Å². The Hall–Kier alpha value is -1.29. The fourth-order valence-electron chi connectivity index (χ4n) is 1.48. The van der Waals surface area contributed by atoms with E-state index in [-0.39, 0.29) is 11.4 Å². The molecule has 2 N–H and O–H groups in total. The van der Waals surface area contributed by atoms with Gasteiger partial charge in [-0.3, -0.25) is 4.79 Å². The Bertz CT molecular complexity index is 325. The van der Waals surface area contributed by atoms with Crippen LogP contribution in [0.1, 0.15) is 27.2 Å². The predicted octanol–water partition coefficient (Wildman–Crippen LogP) is 1.38. The highest BCUT2D eigenvalue weighted by Gasteiger charge is 2.09. The number of carbonyl (C=O) groups is 1. The molecule has 1 aromatic heterocycles. The summed E-state index contributed by atoms with van der Waals surface area (Å²) in [6, 6.07) is 3.96. The third kappa shape index (κ3) is 6.79. The lowest BCUT2D eigenvalue weighted by molar-refractivity contribution is -0.121. The van der Waals surface area contributed by atoms with Crippen LogP contribution in [-0.2, 0) is 11.3 Å². The normalized spacial score (nSPS) is 11.5. The highest BCUT2D eigenvalue weighted by atomic mass is 16.1. The first-order valence-corrected chi connectivity index (χ1v) is 6.10. The second kappa shape index (κ2) is 6.45. The average Bonchev–Trinajstić information content (AvgIpc) is 2.68. The lowest BCUT2D eigenvalue weighted by Crippen LogP contribution is -2.38. The van der Waals surface area contributed by atoms with Crippen LogP contribution in [0, 0.1) is 0 Å². The lowest BCUT2D eigenvalue weighted by Gasteiger charge is -2.20. The van der Waals surface area contributed by atoms with Gasteiger partial charge in [-0.05, 0) is 32.9 Å². The summed E-state index contributed by atoms with van der Waals surface area (Å²) in [4.78, 5) is 11.5. The largest absolute Gasteiger partial charge is 0.354 e. The van der Waals surface area contributed by atoms with Crippen LogP contribution in [0.2, 0.25) is 0 Å². The van der Waals surface area contributed by atoms with Gasteiger partial charge in [-0.15, -0.1) is 0 Å². The first kappa shape index (κ1) is 13.8. The molecule has 0 fully saturated rings. The SMILES string of the molecule is CC(C)(C)NCCC(=O)NCCn1cccc1. The van der Waals surface area contributed by atoms with E-state index in [9.17, 15) is 4.79 Å². The molecule has 1 amide bonds. The van der Waals surface area contributed by atoms with Crippen LogP contribution in [0.4, 0.5) is 0 Å². The number of carbonyl (C=O) groups excluding carboxylic acids is 1. The minimum Gasteiger partial charge on any atom is -0.354 e. The van der Waals surface area contributed by atoms with Crippen molar-refractivity contribution >= 4 is 5.91 Å². The molecule has 4 heteroatoms. The van der Waals surface area contributed by atoms with Gasteiger partial charge >= 0.3 is 0 Å². The molecule has 0 aliphatic heterocycles. The van der Waals surface area contributed by atoms with Crippen molar-refractivity contribution in [2.75, 3.05) is 13.1 Å². The van der Waals surface area contributed by atoms with Gasteiger partial charge in [-0.2, -0.15) is 0 Å². The summed E-state index contributed by atoms with van der Waals surface area (Å²) in [6.07, 6.45) is 4.52. The molecule has 0 atom stereocenters. The summed E-state index contributed by atoms with van der Waals surface area (Å²) >= 11 is 0. The van der Waals surface area contributed by atoms with E-state index in [4.69, 9.17) is 0 Å². The Morgan fingerprint density at radius 1 is 1.18 bits per heavy atom. The second-order valence-electron chi connectivity index (χ2n) is 5.20. The minimum absolute atomic E-state index is 0.0748. The molecule has 0 aliphatic rings. The van der Waals surface area contributed by atoms with E-state index in [1.807, 2.05) is 29.1 Å². The predicted molar refractivity (Wildman–Crippen MR) is 69.8 cm³/mol. The van der Waals surface area contributed by atoms with Crippen molar-refractivity contribution in [2.24, 2.45) is 0 Å². The van der Waals surface area contributed by atoms with Crippen LogP contribution in [0.3, 0.4) is 0 Å². The Kier molecular flexibility index (Phi) is 5.22. The van der Waals surface area contributed by atoms with Gasteiger partial charge in [0.15, 0.2) is 0 Å². The molecule has 1 heterocycles. The van der Waals surface area contributed by atoms with Gasteiger partial charge in [-0.1, -0.05) is 0 Å². The van der Waals surface area contributed by atoms with Crippen LogP contribution in [-0.4, -0.2) is 29.1 Å². The molecule has 1 aromatic rings. The van der Waals surface area contributed by atoms with E-state index in [1.165, 1.54) is 0 Å². The van der Waals surface area contributed by atoms with Crippen molar-refractivity contribution in [2.45, 2.75) is 39.3 Å². The zero-order valence-electron chi connectivity index (χ0n) is 11.0. The van der Waals surface area contributed by atoms with Crippen molar-refractivity contribution in [3.63, 3.8) is 0 Å². The zero-order valence-corrected chi connectivity index (χ0v) is 11.0. The van der Waals surface area contributed by atoms with Crippen LogP contribution >= 0.6 is 0 Å². The summed E-state index contributed by atoms with van der Waals surface area (Å²) in [7, 11) is 0. The van der Waals surface area contributed by atoms with Crippen LogP contribution < -0.4 is 10.6 Å². The van der Waals surface area contributed by atoms with E-state index >= 15 is 0 Å². The van der Waals surface area contributed by atoms with Crippen molar-refractivity contribution in [3.8, 4) is 0 Å². The van der Waals surface area contributed by atoms with E-state index in [1.54, 1.807) is 0 Å². The number of aromatic nitrogens is 1. The molecule has 1 rings (SSSR count). The van der Waals surface area contributed by atoms with Gasteiger partial charge in [0.2, 0.25) is 5.91 Å². The standard InChI is InChI=1S/C13H23N3O/c1-13(2,3)15-7-6-12(17)14-8-11-16-9-4-5-10-16/h4-5,9-10,15H,6-8,11H2,1-3H3,(H,14,17). The number of nitrogens with zero attached hydrogens (tertiary/aromatic N) is 1. The molecule has 0 unspecified atom stereocenters. The van der Waals surface area contributed by atoms with Crippen molar-refractivity contribution < 1.29 is 4.79 Å². The highest BCUT2D eigenvalue weighted by molar-refractivity contribution is 5.75. The summed E-state index contributed by atoms with van der Waals surface area (Å²) in [5.74, 6) is 0.105. The molecular formula is C13H23N3O. The third-order valence-electron chi connectivity index (χ3n) is 2.37. The summed E-state index contributed by atoms with van der Waals surface area (Å²) in [6.45, 7) is 8.51. The lowest BCUT2D eigenvalue weighted by atomic mass is 10.1. The summed E-state index contributed by atoms with van der Waals surface area (Å²) < 4.78 is 2.05. The van der Waals surface area contributed by atoms with Gasteiger partial charge in [0.1, 0.15) is 0 Å². The number of nitrogens with one attached hydrogen (secondary N) is 2. The molecule has 0 aromatic carbocycles. The quantitative estimate of drug-likeness (QED) is 0.785. The van der Waals surface area contributed by atoms with Gasteiger partial charge in [-0.25, -0.2) is 0 Å².